The molecule has 1 fully saturated rings. The molecular weight excluding hydrogens is 419 g/mol. The Kier molecular flexibility index (Phi) is 5.63. The van der Waals surface area contributed by atoms with Gasteiger partial charge in [-0.3, -0.25) is 0 Å². The van der Waals surface area contributed by atoms with Crippen molar-refractivity contribution in [1.29, 1.82) is 0 Å². The third kappa shape index (κ3) is 4.52. The minimum atomic E-state index is -3.61. The predicted molar refractivity (Wildman–Crippen MR) is 118 cm³/mol. The zero-order valence-corrected chi connectivity index (χ0v) is 18.1. The first-order chi connectivity index (χ1) is 14.7. The van der Waals surface area contributed by atoms with Gasteiger partial charge in [-0.25, -0.2) is 22.8 Å². The number of nitrogens with two attached hydrogens (primary N) is 1. The van der Waals surface area contributed by atoms with E-state index in [0.29, 0.717) is 42.8 Å². The number of nitrogens with zero attached hydrogens (tertiary/aromatic N) is 3. The van der Waals surface area contributed by atoms with Gasteiger partial charge in [0.1, 0.15) is 11.6 Å². The smallest absolute Gasteiger partial charge is 0.176 e. The Morgan fingerprint density at radius 1 is 1.13 bits per heavy atom. The van der Waals surface area contributed by atoms with E-state index in [2.05, 4.69) is 9.88 Å². The quantitative estimate of drug-likeness (QED) is 0.489. The normalized spacial score (nSPS) is 17.0. The highest BCUT2D eigenvalue weighted by molar-refractivity contribution is 7.90. The molecule has 0 spiro atoms. The molecule has 1 aromatic heterocycles. The molecule has 1 unspecified atom stereocenters. The number of benzene rings is 2. The zero-order chi connectivity index (χ0) is 22.2. The molecule has 162 valence electrons. The SMILES string of the molecule is CC1COCCN1c1cc(-c2cc(F)ccc2S(C)(=O)=O)nc(-c2ccc(N)cc2)n1. The molecule has 2 N–H and O–H groups in total. The molecule has 0 amide bonds. The monoisotopic (exact) mass is 442 g/mol. The summed E-state index contributed by atoms with van der Waals surface area (Å²) in [7, 11) is -3.61. The molecule has 0 bridgehead atoms. The molecular formula is C22H23FN4O3S. The van der Waals surface area contributed by atoms with Crippen LogP contribution >= 0.6 is 0 Å². The second kappa shape index (κ2) is 8.24. The molecule has 3 aromatic rings. The van der Waals surface area contributed by atoms with Crippen LogP contribution in [0.4, 0.5) is 15.9 Å². The van der Waals surface area contributed by atoms with Crippen LogP contribution in [-0.2, 0) is 14.6 Å². The minimum absolute atomic E-state index is 0.0110. The van der Waals surface area contributed by atoms with Crippen molar-refractivity contribution in [3.05, 3.63) is 54.3 Å². The van der Waals surface area contributed by atoms with Gasteiger partial charge in [-0.15, -0.1) is 0 Å². The van der Waals surface area contributed by atoms with E-state index in [1.54, 1.807) is 30.3 Å². The van der Waals surface area contributed by atoms with Gasteiger partial charge in [0.05, 0.1) is 29.8 Å². The summed E-state index contributed by atoms with van der Waals surface area (Å²) < 4.78 is 44.4. The van der Waals surface area contributed by atoms with Gasteiger partial charge in [0.15, 0.2) is 15.7 Å². The van der Waals surface area contributed by atoms with E-state index < -0.39 is 15.7 Å². The summed E-state index contributed by atoms with van der Waals surface area (Å²) in [6.07, 6.45) is 1.09. The molecule has 0 saturated carbocycles. The van der Waals surface area contributed by atoms with Crippen LogP contribution in [0.15, 0.2) is 53.4 Å². The van der Waals surface area contributed by atoms with Crippen molar-refractivity contribution in [3.8, 4) is 22.6 Å². The van der Waals surface area contributed by atoms with Gasteiger partial charge >= 0.3 is 0 Å². The Balaban J connectivity index is 1.94. The van der Waals surface area contributed by atoms with E-state index >= 15 is 0 Å². The van der Waals surface area contributed by atoms with Gasteiger partial charge in [0, 0.05) is 35.7 Å². The highest BCUT2D eigenvalue weighted by Crippen LogP contribution is 2.32. The van der Waals surface area contributed by atoms with Gasteiger partial charge < -0.3 is 15.4 Å². The van der Waals surface area contributed by atoms with Crippen LogP contribution in [0.3, 0.4) is 0 Å². The second-order valence-electron chi connectivity index (χ2n) is 7.59. The van der Waals surface area contributed by atoms with Crippen LogP contribution in [0.2, 0.25) is 0 Å². The fourth-order valence-electron chi connectivity index (χ4n) is 3.57. The molecule has 7 nitrogen and oxygen atoms in total. The maximum absolute atomic E-state index is 14.1. The number of hydrogen-bond acceptors (Lipinski definition) is 7. The lowest BCUT2D eigenvalue weighted by Crippen LogP contribution is -2.44. The topological polar surface area (TPSA) is 98.4 Å². The van der Waals surface area contributed by atoms with Crippen LogP contribution < -0.4 is 10.6 Å². The van der Waals surface area contributed by atoms with Crippen molar-refractivity contribution in [2.24, 2.45) is 0 Å². The lowest BCUT2D eigenvalue weighted by atomic mass is 10.1. The molecule has 1 aliphatic heterocycles. The summed E-state index contributed by atoms with van der Waals surface area (Å²) in [6, 6.07) is 12.4. The summed E-state index contributed by atoms with van der Waals surface area (Å²) in [5.74, 6) is 0.475. The van der Waals surface area contributed by atoms with Crippen molar-refractivity contribution in [2.45, 2.75) is 17.9 Å². The van der Waals surface area contributed by atoms with E-state index in [9.17, 15) is 12.8 Å². The number of rotatable bonds is 4. The van der Waals surface area contributed by atoms with Gasteiger partial charge in [-0.05, 0) is 49.4 Å². The van der Waals surface area contributed by atoms with Crippen LogP contribution in [0, 0.1) is 5.82 Å². The van der Waals surface area contributed by atoms with Crippen LogP contribution in [0.1, 0.15) is 6.92 Å². The molecule has 1 aliphatic rings. The number of hydrogen-bond donors (Lipinski definition) is 1. The Hall–Kier alpha value is -3.04. The van der Waals surface area contributed by atoms with E-state index in [1.165, 1.54) is 12.1 Å². The highest BCUT2D eigenvalue weighted by atomic mass is 32.2. The van der Waals surface area contributed by atoms with Gasteiger partial charge in [-0.2, -0.15) is 0 Å². The van der Waals surface area contributed by atoms with Crippen molar-refractivity contribution < 1.29 is 17.5 Å². The lowest BCUT2D eigenvalue weighted by molar-refractivity contribution is 0.0985. The standard InChI is InChI=1S/C22H23FN4O3S/c1-14-13-30-10-9-27(14)21-12-19(18-11-16(23)5-8-20(18)31(2,28)29)25-22(26-21)15-3-6-17(24)7-4-15/h3-8,11-12,14H,9-10,13,24H2,1-2H3. The molecule has 9 heteroatoms. The molecule has 1 saturated heterocycles. The van der Waals surface area contributed by atoms with Crippen LogP contribution in [0.5, 0.6) is 0 Å². The number of sulfone groups is 1. The fraction of sp³-hybridized carbons (Fsp3) is 0.273. The van der Waals surface area contributed by atoms with Crippen LogP contribution in [0.25, 0.3) is 22.6 Å². The summed E-state index contributed by atoms with van der Waals surface area (Å²) in [4.78, 5) is 11.4. The van der Waals surface area contributed by atoms with Crippen molar-refractivity contribution >= 4 is 21.3 Å². The second-order valence-corrected chi connectivity index (χ2v) is 9.57. The Labute approximate surface area is 180 Å². The molecule has 2 heterocycles. The largest absolute Gasteiger partial charge is 0.399 e. The number of morpholine rings is 1. The molecule has 31 heavy (non-hydrogen) atoms. The highest BCUT2D eigenvalue weighted by Gasteiger charge is 2.24. The van der Waals surface area contributed by atoms with Crippen molar-refractivity contribution in [1.82, 2.24) is 9.97 Å². The molecule has 4 rings (SSSR count). The Morgan fingerprint density at radius 2 is 1.87 bits per heavy atom. The zero-order valence-electron chi connectivity index (χ0n) is 17.2. The van der Waals surface area contributed by atoms with Crippen LogP contribution in [-0.4, -0.2) is 50.4 Å². The summed E-state index contributed by atoms with van der Waals surface area (Å²) in [5.41, 5.74) is 7.65. The third-order valence-corrected chi connectivity index (χ3v) is 6.32. The summed E-state index contributed by atoms with van der Waals surface area (Å²) in [6.45, 7) is 3.75. The minimum Gasteiger partial charge on any atom is -0.399 e. The van der Waals surface area contributed by atoms with E-state index in [-0.39, 0.29) is 16.5 Å². The first kappa shape index (κ1) is 21.2. The average molecular weight is 443 g/mol. The Morgan fingerprint density at radius 3 is 2.55 bits per heavy atom. The summed E-state index contributed by atoms with van der Waals surface area (Å²) in [5, 5.41) is 0. The first-order valence-corrected chi connectivity index (χ1v) is 11.7. The summed E-state index contributed by atoms with van der Waals surface area (Å²) >= 11 is 0. The van der Waals surface area contributed by atoms with Gasteiger partial charge in [-0.1, -0.05) is 0 Å². The Bertz CT molecular complexity index is 1220. The number of anilines is 2. The van der Waals surface area contributed by atoms with Gasteiger partial charge in [0.25, 0.3) is 0 Å². The van der Waals surface area contributed by atoms with Crippen molar-refractivity contribution in [2.75, 3.05) is 36.6 Å². The number of nitrogen functional groups attached to an aromatic ring is 1. The number of aromatic nitrogens is 2. The molecule has 1 atom stereocenters. The predicted octanol–water partition coefficient (Wildman–Crippen LogP) is 3.16. The fourth-order valence-corrected chi connectivity index (χ4v) is 4.45. The van der Waals surface area contributed by atoms with E-state index in [1.807, 2.05) is 6.92 Å². The average Bonchev–Trinajstić information content (AvgIpc) is 2.73. The van der Waals surface area contributed by atoms with E-state index in [0.717, 1.165) is 17.9 Å². The molecule has 2 aromatic carbocycles. The maximum atomic E-state index is 14.1. The van der Waals surface area contributed by atoms with Crippen molar-refractivity contribution in [3.63, 3.8) is 0 Å². The van der Waals surface area contributed by atoms with Gasteiger partial charge in [0.2, 0.25) is 0 Å². The van der Waals surface area contributed by atoms with E-state index in [4.69, 9.17) is 15.5 Å². The molecule has 0 aliphatic carbocycles. The number of ether oxygens (including phenoxy) is 1. The maximum Gasteiger partial charge on any atom is 0.176 e. The lowest BCUT2D eigenvalue weighted by Gasteiger charge is -2.34. The number of halogens is 1. The molecule has 0 radical (unpaired) electrons. The first-order valence-electron chi connectivity index (χ1n) is 9.82. The third-order valence-electron chi connectivity index (χ3n) is 5.16.